The van der Waals surface area contributed by atoms with E-state index in [4.69, 9.17) is 15.0 Å². The van der Waals surface area contributed by atoms with Crippen LogP contribution in [-0.4, -0.2) is 19.5 Å². The van der Waals surface area contributed by atoms with E-state index < -0.39 is 0 Å². The van der Waals surface area contributed by atoms with Crippen molar-refractivity contribution in [3.05, 3.63) is 158 Å². The average molecular weight is 551 g/mol. The first-order chi connectivity index (χ1) is 21.3. The highest BCUT2D eigenvalue weighted by atomic mass is 15.2. The van der Waals surface area contributed by atoms with Crippen LogP contribution in [0.3, 0.4) is 0 Å². The third-order valence-corrected chi connectivity index (χ3v) is 7.86. The van der Waals surface area contributed by atoms with E-state index in [2.05, 4.69) is 126 Å². The Morgan fingerprint density at radius 2 is 0.744 bits per heavy atom. The molecule has 2 aromatic heterocycles. The summed E-state index contributed by atoms with van der Waals surface area (Å²) in [5.74, 6) is 1.86. The normalized spacial score (nSPS) is 11.3. The van der Waals surface area contributed by atoms with Crippen molar-refractivity contribution in [1.82, 2.24) is 19.5 Å². The van der Waals surface area contributed by atoms with Gasteiger partial charge in [-0.1, -0.05) is 133 Å². The molecule has 0 amide bonds. The van der Waals surface area contributed by atoms with Gasteiger partial charge in [-0.15, -0.1) is 0 Å². The van der Waals surface area contributed by atoms with Gasteiger partial charge in [0.15, 0.2) is 11.6 Å². The Labute approximate surface area is 249 Å². The van der Waals surface area contributed by atoms with Crippen LogP contribution in [-0.2, 0) is 0 Å². The maximum absolute atomic E-state index is 5.11. The number of hydrogen-bond acceptors (Lipinski definition) is 3. The lowest BCUT2D eigenvalue weighted by atomic mass is 9.98. The van der Waals surface area contributed by atoms with Crippen LogP contribution in [0.15, 0.2) is 158 Å². The third-order valence-electron chi connectivity index (χ3n) is 7.86. The molecule has 8 aromatic rings. The molecule has 0 radical (unpaired) electrons. The van der Waals surface area contributed by atoms with Crippen LogP contribution in [0.2, 0.25) is 0 Å². The number of benzene rings is 6. The second kappa shape index (κ2) is 10.5. The summed E-state index contributed by atoms with van der Waals surface area (Å²) >= 11 is 0. The fourth-order valence-corrected chi connectivity index (χ4v) is 5.79. The Balaban J connectivity index is 1.31. The summed E-state index contributed by atoms with van der Waals surface area (Å²) in [4.78, 5) is 15.2. The topological polar surface area (TPSA) is 43.6 Å². The minimum absolute atomic E-state index is 0.595. The SMILES string of the molecule is c1ccc(-c2cccc(-c3cccc(-c4nc(-c5ccccc5)nc(-n5c6ccccc6c6ccccc65)n4)c3)c2)cc1. The van der Waals surface area contributed by atoms with E-state index >= 15 is 0 Å². The zero-order valence-electron chi connectivity index (χ0n) is 23.3. The molecule has 0 saturated heterocycles. The monoisotopic (exact) mass is 550 g/mol. The van der Waals surface area contributed by atoms with Crippen molar-refractivity contribution in [1.29, 1.82) is 0 Å². The fraction of sp³-hybridized carbons (Fsp3) is 0. The molecule has 8 rings (SSSR count). The van der Waals surface area contributed by atoms with E-state index in [1.54, 1.807) is 0 Å². The molecular formula is C39H26N4. The van der Waals surface area contributed by atoms with E-state index in [9.17, 15) is 0 Å². The van der Waals surface area contributed by atoms with E-state index in [0.717, 1.165) is 33.3 Å². The fourth-order valence-electron chi connectivity index (χ4n) is 5.79. The molecule has 4 nitrogen and oxygen atoms in total. The molecule has 0 N–H and O–H groups in total. The smallest absolute Gasteiger partial charge is 0.238 e. The van der Waals surface area contributed by atoms with Crippen molar-refractivity contribution in [3.63, 3.8) is 0 Å². The highest BCUT2D eigenvalue weighted by Crippen LogP contribution is 2.33. The van der Waals surface area contributed by atoms with Gasteiger partial charge in [-0.3, -0.25) is 4.57 Å². The highest BCUT2D eigenvalue weighted by molar-refractivity contribution is 6.09. The molecule has 43 heavy (non-hydrogen) atoms. The summed E-state index contributed by atoms with van der Waals surface area (Å²) in [6.07, 6.45) is 0. The third kappa shape index (κ3) is 4.55. The van der Waals surface area contributed by atoms with Gasteiger partial charge in [0.2, 0.25) is 5.95 Å². The van der Waals surface area contributed by atoms with Crippen molar-refractivity contribution in [2.24, 2.45) is 0 Å². The van der Waals surface area contributed by atoms with Crippen molar-refractivity contribution in [2.45, 2.75) is 0 Å². The molecule has 6 aromatic carbocycles. The van der Waals surface area contributed by atoms with Crippen LogP contribution >= 0.6 is 0 Å². The van der Waals surface area contributed by atoms with Crippen molar-refractivity contribution in [2.75, 3.05) is 0 Å². The maximum Gasteiger partial charge on any atom is 0.238 e. The molecule has 0 aliphatic carbocycles. The van der Waals surface area contributed by atoms with Gasteiger partial charge >= 0.3 is 0 Å². The van der Waals surface area contributed by atoms with Crippen molar-refractivity contribution in [3.8, 4) is 51.0 Å². The van der Waals surface area contributed by atoms with Gasteiger partial charge in [0, 0.05) is 21.9 Å². The highest BCUT2D eigenvalue weighted by Gasteiger charge is 2.17. The van der Waals surface area contributed by atoms with Gasteiger partial charge in [0.25, 0.3) is 0 Å². The van der Waals surface area contributed by atoms with Crippen LogP contribution < -0.4 is 0 Å². The Kier molecular flexibility index (Phi) is 6.08. The molecule has 0 bridgehead atoms. The van der Waals surface area contributed by atoms with E-state index in [-0.39, 0.29) is 0 Å². The minimum atomic E-state index is 0.595. The van der Waals surface area contributed by atoms with Gasteiger partial charge in [-0.25, -0.2) is 4.98 Å². The van der Waals surface area contributed by atoms with Crippen LogP contribution in [0.5, 0.6) is 0 Å². The summed E-state index contributed by atoms with van der Waals surface area (Å²) in [6, 6.07) is 54.5. The molecule has 2 heterocycles. The molecule has 0 spiro atoms. The standard InChI is InChI=1S/C39H26N4/c1-3-13-27(14-4-1)29-17-11-18-30(25-29)31-19-12-20-32(26-31)38-40-37(28-15-5-2-6-16-28)41-39(42-38)43-35-23-9-7-21-33(35)34-22-8-10-24-36(34)43/h1-26H. The minimum Gasteiger partial charge on any atom is -0.278 e. The number of rotatable bonds is 5. The number of nitrogens with zero attached hydrogens (tertiary/aromatic N) is 4. The van der Waals surface area contributed by atoms with Crippen molar-refractivity contribution < 1.29 is 0 Å². The molecule has 4 heteroatoms. The Morgan fingerprint density at radius 1 is 0.326 bits per heavy atom. The summed E-state index contributed by atoms with van der Waals surface area (Å²) in [5.41, 5.74) is 8.63. The first-order valence-corrected chi connectivity index (χ1v) is 14.4. The van der Waals surface area contributed by atoms with Gasteiger partial charge in [0.1, 0.15) is 0 Å². The quantitative estimate of drug-likeness (QED) is 0.214. The number of fused-ring (bicyclic) bond motifs is 3. The lowest BCUT2D eigenvalue weighted by Gasteiger charge is -2.12. The number of aromatic nitrogens is 4. The Hall–Kier alpha value is -5.87. The van der Waals surface area contributed by atoms with Crippen LogP contribution in [0.25, 0.3) is 72.8 Å². The molecule has 0 aliphatic heterocycles. The van der Waals surface area contributed by atoms with Gasteiger partial charge in [-0.05, 0) is 46.5 Å². The predicted molar refractivity (Wildman–Crippen MR) is 176 cm³/mol. The molecule has 202 valence electrons. The summed E-state index contributed by atoms with van der Waals surface area (Å²) < 4.78 is 2.15. The summed E-state index contributed by atoms with van der Waals surface area (Å²) in [6.45, 7) is 0. The maximum atomic E-state index is 5.11. The van der Waals surface area contributed by atoms with E-state index in [1.807, 2.05) is 36.4 Å². The van der Waals surface area contributed by atoms with E-state index in [1.165, 1.54) is 21.9 Å². The zero-order chi connectivity index (χ0) is 28.6. The van der Waals surface area contributed by atoms with Gasteiger partial charge in [-0.2, -0.15) is 9.97 Å². The first-order valence-electron chi connectivity index (χ1n) is 14.4. The number of hydrogen-bond donors (Lipinski definition) is 0. The molecular weight excluding hydrogens is 524 g/mol. The second-order valence-electron chi connectivity index (χ2n) is 10.5. The van der Waals surface area contributed by atoms with Crippen molar-refractivity contribution >= 4 is 21.8 Å². The average Bonchev–Trinajstić information content (AvgIpc) is 3.43. The lowest BCUT2D eigenvalue weighted by molar-refractivity contribution is 0.953. The lowest BCUT2D eigenvalue weighted by Crippen LogP contribution is -2.06. The Morgan fingerprint density at radius 3 is 1.35 bits per heavy atom. The first kappa shape index (κ1) is 24.9. The molecule has 0 atom stereocenters. The molecule has 0 fully saturated rings. The summed E-state index contributed by atoms with van der Waals surface area (Å²) in [7, 11) is 0. The number of para-hydroxylation sites is 2. The second-order valence-corrected chi connectivity index (χ2v) is 10.5. The van der Waals surface area contributed by atoms with Crippen LogP contribution in [0.4, 0.5) is 0 Å². The zero-order valence-corrected chi connectivity index (χ0v) is 23.3. The Bertz CT molecular complexity index is 2180. The molecule has 0 aliphatic rings. The van der Waals surface area contributed by atoms with Gasteiger partial charge in [0.05, 0.1) is 11.0 Å². The van der Waals surface area contributed by atoms with Crippen LogP contribution in [0.1, 0.15) is 0 Å². The largest absolute Gasteiger partial charge is 0.278 e. The van der Waals surface area contributed by atoms with Crippen LogP contribution in [0, 0.1) is 0 Å². The van der Waals surface area contributed by atoms with Gasteiger partial charge < -0.3 is 0 Å². The molecule has 0 saturated carbocycles. The van der Waals surface area contributed by atoms with E-state index in [0.29, 0.717) is 17.6 Å². The molecule has 0 unspecified atom stereocenters. The predicted octanol–water partition coefficient (Wildman–Crippen LogP) is 9.64. The summed E-state index contributed by atoms with van der Waals surface area (Å²) in [5, 5.41) is 2.34.